The van der Waals surface area contributed by atoms with Crippen LogP contribution < -0.4 is 27.8 Å². The predicted molar refractivity (Wildman–Crippen MR) is 102 cm³/mol. The molecule has 0 spiro atoms. The fraction of sp³-hybridized carbons (Fsp3) is 0.706. The van der Waals surface area contributed by atoms with Crippen LogP contribution in [-0.2, 0) is 24.0 Å². The van der Waals surface area contributed by atoms with Crippen molar-refractivity contribution in [2.45, 2.75) is 56.7 Å². The Morgan fingerprint density at radius 1 is 1.07 bits per heavy atom. The van der Waals surface area contributed by atoms with Gasteiger partial charge in [0.15, 0.2) is 0 Å². The quantitative estimate of drug-likeness (QED) is 0.181. The van der Waals surface area contributed by atoms with Crippen molar-refractivity contribution in [3.05, 3.63) is 0 Å². The number of nitrogens with one attached hydrogen (secondary N) is 2. The van der Waals surface area contributed by atoms with Gasteiger partial charge in [-0.25, -0.2) is 4.79 Å². The fourth-order valence-corrected chi connectivity index (χ4v) is 3.18. The van der Waals surface area contributed by atoms with Crippen LogP contribution in [0.4, 0.5) is 0 Å². The van der Waals surface area contributed by atoms with E-state index in [2.05, 4.69) is 10.6 Å². The third-order valence-corrected chi connectivity index (χ3v) is 4.62. The summed E-state index contributed by atoms with van der Waals surface area (Å²) in [6.07, 6.45) is 1.92. The van der Waals surface area contributed by atoms with Crippen molar-refractivity contribution >= 4 is 29.6 Å². The lowest BCUT2D eigenvalue weighted by molar-refractivity contribution is -0.145. The summed E-state index contributed by atoms with van der Waals surface area (Å²) >= 11 is 0. The standard InChI is InChI=1S/C17H30N6O6/c18-6-2-1-4-10(21-14(25)9-19)16(27)23-7-3-5-12(23)15(26)22-11(17(28)29)8-13(20)24/h10-12H,1-9,18-19H2,(H2,20,24)(H,21,25)(H,22,26)(H,28,29). The van der Waals surface area contributed by atoms with Crippen LogP contribution in [0, 0.1) is 0 Å². The Kier molecular flexibility index (Phi) is 10.0. The molecule has 1 aliphatic heterocycles. The number of likely N-dealkylation sites (tertiary alicyclic amines) is 1. The van der Waals surface area contributed by atoms with Gasteiger partial charge in [0.25, 0.3) is 0 Å². The summed E-state index contributed by atoms with van der Waals surface area (Å²) in [6, 6.07) is -3.23. The predicted octanol–water partition coefficient (Wildman–Crippen LogP) is -3.01. The number of carboxylic acid groups (broad SMARTS) is 1. The van der Waals surface area contributed by atoms with Gasteiger partial charge >= 0.3 is 5.97 Å². The van der Waals surface area contributed by atoms with Gasteiger partial charge < -0.3 is 37.8 Å². The van der Waals surface area contributed by atoms with E-state index < -0.39 is 54.1 Å². The molecule has 0 aromatic carbocycles. The third-order valence-electron chi connectivity index (χ3n) is 4.62. The van der Waals surface area contributed by atoms with Gasteiger partial charge in [0.1, 0.15) is 18.1 Å². The van der Waals surface area contributed by atoms with Gasteiger partial charge in [-0.3, -0.25) is 19.2 Å². The average Bonchev–Trinajstić information content (AvgIpc) is 3.15. The maximum absolute atomic E-state index is 13.0. The van der Waals surface area contributed by atoms with Crippen LogP contribution >= 0.6 is 0 Å². The van der Waals surface area contributed by atoms with E-state index in [1.807, 2.05) is 0 Å². The molecule has 1 heterocycles. The van der Waals surface area contributed by atoms with Crippen molar-refractivity contribution in [2.75, 3.05) is 19.6 Å². The van der Waals surface area contributed by atoms with Crippen molar-refractivity contribution < 1.29 is 29.1 Å². The molecule has 1 aliphatic rings. The summed E-state index contributed by atoms with van der Waals surface area (Å²) < 4.78 is 0. The molecule has 9 N–H and O–H groups in total. The molecule has 1 rings (SSSR count). The summed E-state index contributed by atoms with van der Waals surface area (Å²) in [5, 5.41) is 14.0. The molecule has 29 heavy (non-hydrogen) atoms. The molecule has 3 unspecified atom stereocenters. The molecule has 0 aliphatic carbocycles. The van der Waals surface area contributed by atoms with Crippen molar-refractivity contribution in [2.24, 2.45) is 17.2 Å². The third kappa shape index (κ3) is 7.66. The first-order valence-electron chi connectivity index (χ1n) is 9.52. The van der Waals surface area contributed by atoms with Gasteiger partial charge in [0, 0.05) is 6.54 Å². The summed E-state index contributed by atoms with van der Waals surface area (Å²) in [6.45, 7) is 0.450. The molecule has 12 nitrogen and oxygen atoms in total. The van der Waals surface area contributed by atoms with Crippen molar-refractivity contribution in [1.29, 1.82) is 0 Å². The number of hydrogen-bond acceptors (Lipinski definition) is 7. The largest absolute Gasteiger partial charge is 0.480 e. The maximum atomic E-state index is 13.0. The molecule has 4 amide bonds. The Bertz CT molecular complexity index is 628. The molecular weight excluding hydrogens is 384 g/mol. The smallest absolute Gasteiger partial charge is 0.326 e. The van der Waals surface area contributed by atoms with E-state index in [9.17, 15) is 24.0 Å². The zero-order valence-corrected chi connectivity index (χ0v) is 16.3. The highest BCUT2D eigenvalue weighted by atomic mass is 16.4. The number of carboxylic acids is 1. The highest BCUT2D eigenvalue weighted by Gasteiger charge is 2.38. The molecule has 12 heteroatoms. The van der Waals surface area contributed by atoms with Crippen molar-refractivity contribution in [1.82, 2.24) is 15.5 Å². The first-order chi connectivity index (χ1) is 13.7. The van der Waals surface area contributed by atoms with E-state index in [1.54, 1.807) is 0 Å². The molecule has 0 saturated carbocycles. The first kappa shape index (κ1) is 24.3. The molecule has 3 atom stereocenters. The fourth-order valence-electron chi connectivity index (χ4n) is 3.18. The van der Waals surface area contributed by atoms with E-state index in [0.29, 0.717) is 38.6 Å². The number of nitrogens with zero attached hydrogens (tertiary/aromatic N) is 1. The number of hydrogen-bond donors (Lipinski definition) is 6. The lowest BCUT2D eigenvalue weighted by Gasteiger charge is -2.29. The summed E-state index contributed by atoms with van der Waals surface area (Å²) in [5.41, 5.74) is 15.8. The van der Waals surface area contributed by atoms with Crippen LogP contribution in [-0.4, -0.2) is 77.4 Å². The Balaban J connectivity index is 2.88. The normalized spacial score (nSPS) is 18.0. The zero-order chi connectivity index (χ0) is 22.0. The van der Waals surface area contributed by atoms with Gasteiger partial charge in [-0.15, -0.1) is 0 Å². The molecule has 0 aromatic heterocycles. The van der Waals surface area contributed by atoms with Crippen LogP contribution in [0.2, 0.25) is 0 Å². The number of carbonyl (C=O) groups excluding carboxylic acids is 4. The van der Waals surface area contributed by atoms with Gasteiger partial charge in [0.05, 0.1) is 13.0 Å². The second-order valence-electron chi connectivity index (χ2n) is 6.87. The minimum absolute atomic E-state index is 0.280. The number of rotatable bonds is 12. The molecule has 0 aromatic rings. The minimum Gasteiger partial charge on any atom is -0.480 e. The maximum Gasteiger partial charge on any atom is 0.326 e. The molecule has 0 radical (unpaired) electrons. The van der Waals surface area contributed by atoms with E-state index in [4.69, 9.17) is 22.3 Å². The SMILES string of the molecule is NCCCCC(NC(=O)CN)C(=O)N1CCCC1C(=O)NC(CC(N)=O)C(=O)O. The number of unbranched alkanes of at least 4 members (excludes halogenated alkanes) is 1. The summed E-state index contributed by atoms with van der Waals surface area (Å²) in [4.78, 5) is 60.8. The second kappa shape index (κ2) is 12.0. The van der Waals surface area contributed by atoms with Gasteiger partial charge in [-0.2, -0.15) is 0 Å². The van der Waals surface area contributed by atoms with Gasteiger partial charge in [-0.05, 0) is 38.6 Å². The monoisotopic (exact) mass is 414 g/mol. The number of amides is 4. The topological polar surface area (TPSA) is 211 Å². The summed E-state index contributed by atoms with van der Waals surface area (Å²) in [7, 11) is 0. The number of carbonyl (C=O) groups is 5. The lowest BCUT2D eigenvalue weighted by atomic mass is 10.1. The highest BCUT2D eigenvalue weighted by Crippen LogP contribution is 2.20. The Morgan fingerprint density at radius 2 is 1.76 bits per heavy atom. The molecule has 1 saturated heterocycles. The van der Waals surface area contributed by atoms with Gasteiger partial charge in [0.2, 0.25) is 23.6 Å². The molecule has 1 fully saturated rings. The van der Waals surface area contributed by atoms with Crippen LogP contribution in [0.1, 0.15) is 38.5 Å². The van der Waals surface area contributed by atoms with E-state index in [-0.39, 0.29) is 13.1 Å². The zero-order valence-electron chi connectivity index (χ0n) is 16.3. The molecule has 164 valence electrons. The number of nitrogens with two attached hydrogens (primary N) is 3. The first-order valence-corrected chi connectivity index (χ1v) is 9.52. The Hall–Kier alpha value is -2.73. The molecular formula is C17H30N6O6. The Labute approximate surface area is 168 Å². The molecule has 0 bridgehead atoms. The van der Waals surface area contributed by atoms with E-state index in [1.165, 1.54) is 4.90 Å². The second-order valence-corrected chi connectivity index (χ2v) is 6.87. The van der Waals surface area contributed by atoms with Crippen LogP contribution in [0.5, 0.6) is 0 Å². The highest BCUT2D eigenvalue weighted by molar-refractivity contribution is 5.94. The average molecular weight is 414 g/mol. The number of aliphatic carboxylic acids is 1. The van der Waals surface area contributed by atoms with Crippen LogP contribution in [0.15, 0.2) is 0 Å². The van der Waals surface area contributed by atoms with Crippen molar-refractivity contribution in [3.63, 3.8) is 0 Å². The van der Waals surface area contributed by atoms with E-state index >= 15 is 0 Å². The number of primary amides is 1. The van der Waals surface area contributed by atoms with E-state index in [0.717, 1.165) is 0 Å². The van der Waals surface area contributed by atoms with Crippen LogP contribution in [0.3, 0.4) is 0 Å². The Morgan fingerprint density at radius 3 is 2.31 bits per heavy atom. The van der Waals surface area contributed by atoms with Crippen LogP contribution in [0.25, 0.3) is 0 Å². The van der Waals surface area contributed by atoms with Crippen molar-refractivity contribution in [3.8, 4) is 0 Å². The lowest BCUT2D eigenvalue weighted by Crippen LogP contribution is -2.56. The summed E-state index contributed by atoms with van der Waals surface area (Å²) in [5.74, 6) is -3.90. The minimum atomic E-state index is -1.48. The van der Waals surface area contributed by atoms with Gasteiger partial charge in [-0.1, -0.05) is 0 Å².